The van der Waals surface area contributed by atoms with Crippen LogP contribution in [0.4, 0.5) is 16.0 Å². The Bertz CT molecular complexity index is 1040. The van der Waals surface area contributed by atoms with Crippen LogP contribution in [-0.4, -0.2) is 29.7 Å². The van der Waals surface area contributed by atoms with Gasteiger partial charge in [0.25, 0.3) is 0 Å². The standard InChI is InChI=1S/C18H14FN7/c1-12-22-11-26(25-12)16-4-2-15(3-5-16)23-18-21-7-6-17(24-18)13-8-14(19)10-20-9-13/h2-11H,1H3,(H,21,23,24). The summed E-state index contributed by atoms with van der Waals surface area (Å²) in [5.41, 5.74) is 2.90. The number of halogens is 1. The Morgan fingerprint density at radius 2 is 1.88 bits per heavy atom. The molecule has 26 heavy (non-hydrogen) atoms. The first-order valence-electron chi connectivity index (χ1n) is 7.87. The molecule has 8 heteroatoms. The van der Waals surface area contributed by atoms with E-state index in [1.165, 1.54) is 6.07 Å². The van der Waals surface area contributed by atoms with Crippen molar-refractivity contribution in [3.05, 3.63) is 73.0 Å². The zero-order valence-electron chi connectivity index (χ0n) is 13.8. The third-order valence-electron chi connectivity index (χ3n) is 3.65. The number of aryl methyl sites for hydroxylation is 1. The molecule has 0 spiro atoms. The van der Waals surface area contributed by atoms with Gasteiger partial charge in [0, 0.05) is 23.6 Å². The topological polar surface area (TPSA) is 81.4 Å². The molecule has 128 valence electrons. The van der Waals surface area contributed by atoms with Crippen LogP contribution in [0.5, 0.6) is 0 Å². The number of aromatic nitrogens is 6. The fourth-order valence-electron chi connectivity index (χ4n) is 2.43. The van der Waals surface area contributed by atoms with Crippen molar-refractivity contribution in [2.24, 2.45) is 0 Å². The van der Waals surface area contributed by atoms with E-state index in [2.05, 4.69) is 30.4 Å². The summed E-state index contributed by atoms with van der Waals surface area (Å²) in [6, 6.07) is 10.7. The molecule has 0 amide bonds. The van der Waals surface area contributed by atoms with Crippen LogP contribution in [0.1, 0.15) is 5.82 Å². The van der Waals surface area contributed by atoms with E-state index < -0.39 is 5.82 Å². The van der Waals surface area contributed by atoms with Crippen molar-refractivity contribution in [2.75, 3.05) is 5.32 Å². The van der Waals surface area contributed by atoms with Crippen LogP contribution in [0, 0.1) is 12.7 Å². The first-order valence-corrected chi connectivity index (χ1v) is 7.87. The average molecular weight is 347 g/mol. The molecular weight excluding hydrogens is 333 g/mol. The van der Waals surface area contributed by atoms with Crippen molar-refractivity contribution in [3.63, 3.8) is 0 Å². The molecule has 7 nitrogen and oxygen atoms in total. The van der Waals surface area contributed by atoms with Crippen molar-refractivity contribution < 1.29 is 4.39 Å². The van der Waals surface area contributed by atoms with Crippen molar-refractivity contribution in [1.82, 2.24) is 29.7 Å². The molecular formula is C18H14FN7. The summed E-state index contributed by atoms with van der Waals surface area (Å²) < 4.78 is 15.0. The molecule has 0 saturated heterocycles. The van der Waals surface area contributed by atoms with Crippen LogP contribution in [-0.2, 0) is 0 Å². The third-order valence-corrected chi connectivity index (χ3v) is 3.65. The molecule has 4 rings (SSSR count). The zero-order valence-corrected chi connectivity index (χ0v) is 13.8. The highest BCUT2D eigenvalue weighted by Gasteiger charge is 2.05. The van der Waals surface area contributed by atoms with Crippen LogP contribution in [0.2, 0.25) is 0 Å². The van der Waals surface area contributed by atoms with Gasteiger partial charge >= 0.3 is 0 Å². The molecule has 1 aromatic carbocycles. The van der Waals surface area contributed by atoms with Gasteiger partial charge in [0.05, 0.1) is 17.6 Å². The Hall–Kier alpha value is -3.68. The summed E-state index contributed by atoms with van der Waals surface area (Å²) in [6.45, 7) is 1.84. The Morgan fingerprint density at radius 1 is 1.04 bits per heavy atom. The van der Waals surface area contributed by atoms with Gasteiger partial charge in [-0.3, -0.25) is 4.98 Å². The van der Waals surface area contributed by atoms with Gasteiger partial charge in [-0.1, -0.05) is 0 Å². The van der Waals surface area contributed by atoms with E-state index >= 15 is 0 Å². The van der Waals surface area contributed by atoms with Crippen LogP contribution < -0.4 is 5.32 Å². The second-order valence-electron chi connectivity index (χ2n) is 5.57. The zero-order chi connectivity index (χ0) is 17.9. The van der Waals surface area contributed by atoms with Crippen molar-refractivity contribution in [1.29, 1.82) is 0 Å². The molecule has 1 N–H and O–H groups in total. The van der Waals surface area contributed by atoms with E-state index in [0.29, 0.717) is 23.0 Å². The molecule has 0 radical (unpaired) electrons. The van der Waals surface area contributed by atoms with E-state index in [9.17, 15) is 4.39 Å². The number of nitrogens with one attached hydrogen (secondary N) is 1. The molecule has 4 aromatic rings. The fourth-order valence-corrected chi connectivity index (χ4v) is 2.43. The van der Waals surface area contributed by atoms with Gasteiger partial charge < -0.3 is 5.32 Å². The summed E-state index contributed by atoms with van der Waals surface area (Å²) >= 11 is 0. The van der Waals surface area contributed by atoms with Gasteiger partial charge in [0.2, 0.25) is 5.95 Å². The summed E-state index contributed by atoms with van der Waals surface area (Å²) in [7, 11) is 0. The van der Waals surface area contributed by atoms with Crippen molar-refractivity contribution >= 4 is 11.6 Å². The number of hydrogen-bond acceptors (Lipinski definition) is 6. The number of pyridine rings is 1. The Balaban J connectivity index is 1.55. The van der Waals surface area contributed by atoms with Gasteiger partial charge in [0.15, 0.2) is 0 Å². The monoisotopic (exact) mass is 347 g/mol. The molecule has 0 aliphatic heterocycles. The predicted molar refractivity (Wildman–Crippen MR) is 94.6 cm³/mol. The lowest BCUT2D eigenvalue weighted by atomic mass is 10.2. The molecule has 0 bridgehead atoms. The minimum absolute atomic E-state index is 0.408. The van der Waals surface area contributed by atoms with E-state index in [4.69, 9.17) is 0 Å². The normalized spacial score (nSPS) is 10.7. The van der Waals surface area contributed by atoms with Crippen LogP contribution >= 0.6 is 0 Å². The maximum Gasteiger partial charge on any atom is 0.227 e. The number of rotatable bonds is 4. The van der Waals surface area contributed by atoms with Crippen LogP contribution in [0.25, 0.3) is 16.9 Å². The number of nitrogens with zero attached hydrogens (tertiary/aromatic N) is 6. The lowest BCUT2D eigenvalue weighted by Gasteiger charge is -2.07. The second kappa shape index (κ2) is 6.67. The minimum Gasteiger partial charge on any atom is -0.324 e. The van der Waals surface area contributed by atoms with Crippen LogP contribution in [0.15, 0.2) is 61.3 Å². The van der Waals surface area contributed by atoms with E-state index in [-0.39, 0.29) is 0 Å². The summed E-state index contributed by atoms with van der Waals surface area (Å²) in [5, 5.41) is 7.40. The highest BCUT2D eigenvalue weighted by Crippen LogP contribution is 2.20. The maximum absolute atomic E-state index is 13.3. The second-order valence-corrected chi connectivity index (χ2v) is 5.57. The van der Waals surface area contributed by atoms with Crippen LogP contribution in [0.3, 0.4) is 0 Å². The molecule has 0 atom stereocenters. The lowest BCUT2D eigenvalue weighted by molar-refractivity contribution is 0.622. The van der Waals surface area contributed by atoms with Gasteiger partial charge in [-0.2, -0.15) is 5.10 Å². The molecule has 0 saturated carbocycles. The fraction of sp³-hybridized carbons (Fsp3) is 0.0556. The van der Waals surface area contributed by atoms with Crippen molar-refractivity contribution in [2.45, 2.75) is 6.92 Å². The first-order chi connectivity index (χ1) is 12.7. The van der Waals surface area contributed by atoms with Gasteiger partial charge in [0.1, 0.15) is 18.0 Å². The molecule has 0 aliphatic carbocycles. The summed E-state index contributed by atoms with van der Waals surface area (Å²) in [5.74, 6) is 0.718. The number of anilines is 2. The molecule has 0 aliphatic rings. The number of benzene rings is 1. The molecule has 3 aromatic heterocycles. The Morgan fingerprint density at radius 3 is 2.62 bits per heavy atom. The minimum atomic E-state index is -0.408. The van der Waals surface area contributed by atoms with Gasteiger partial charge in [-0.15, -0.1) is 0 Å². The third kappa shape index (κ3) is 3.39. The highest BCUT2D eigenvalue weighted by molar-refractivity contribution is 5.61. The van der Waals surface area contributed by atoms with Gasteiger partial charge in [-0.25, -0.2) is 24.0 Å². The highest BCUT2D eigenvalue weighted by atomic mass is 19.1. The average Bonchev–Trinajstić information content (AvgIpc) is 3.09. The quantitative estimate of drug-likeness (QED) is 0.610. The smallest absolute Gasteiger partial charge is 0.227 e. The van der Waals surface area contributed by atoms with Crippen molar-refractivity contribution in [3.8, 4) is 16.9 Å². The van der Waals surface area contributed by atoms with E-state index in [0.717, 1.165) is 17.6 Å². The van der Waals surface area contributed by atoms with E-state index in [1.54, 1.807) is 29.5 Å². The maximum atomic E-state index is 13.3. The first kappa shape index (κ1) is 15.8. The Labute approximate surface area is 148 Å². The van der Waals surface area contributed by atoms with E-state index in [1.807, 2.05) is 31.2 Å². The SMILES string of the molecule is Cc1ncn(-c2ccc(Nc3nccc(-c4cncc(F)c4)n3)cc2)n1. The predicted octanol–water partition coefficient (Wildman–Crippen LogP) is 3.31. The molecule has 0 fully saturated rings. The summed E-state index contributed by atoms with van der Waals surface area (Å²) in [4.78, 5) is 16.6. The van der Waals surface area contributed by atoms with Gasteiger partial charge in [-0.05, 0) is 43.3 Å². The number of hydrogen-bond donors (Lipinski definition) is 1. The largest absolute Gasteiger partial charge is 0.324 e. The molecule has 0 unspecified atom stereocenters. The lowest BCUT2D eigenvalue weighted by Crippen LogP contribution is -1.99. The Kier molecular flexibility index (Phi) is 4.06. The summed E-state index contributed by atoms with van der Waals surface area (Å²) in [6.07, 6.45) is 5.99. The molecule has 3 heterocycles.